The van der Waals surface area contributed by atoms with Crippen molar-refractivity contribution in [2.24, 2.45) is 0 Å². The van der Waals surface area contributed by atoms with Crippen LogP contribution in [0.2, 0.25) is 0 Å². The standard InChI is InChI=1S/C16H18N4O4/c1-11(15-3-2-10-24-15)17-16(21)14-8-9-19(18-14)12-4-6-13(7-5-12)20(22)23/h4-9,11,15H,2-3,10H2,1H3,(H,17,21). The molecule has 1 fully saturated rings. The second-order valence-corrected chi connectivity index (χ2v) is 5.73. The molecule has 1 aromatic heterocycles. The van der Waals surface area contributed by atoms with Crippen molar-refractivity contribution in [2.75, 3.05) is 6.61 Å². The summed E-state index contributed by atoms with van der Waals surface area (Å²) in [5.74, 6) is -0.265. The molecule has 8 nitrogen and oxygen atoms in total. The molecular weight excluding hydrogens is 312 g/mol. The molecule has 2 aromatic rings. The molecule has 3 rings (SSSR count). The number of amides is 1. The van der Waals surface area contributed by atoms with E-state index in [1.54, 1.807) is 24.4 Å². The highest BCUT2D eigenvalue weighted by molar-refractivity contribution is 5.92. The molecule has 0 aliphatic carbocycles. The summed E-state index contributed by atoms with van der Waals surface area (Å²) < 4.78 is 7.07. The van der Waals surface area contributed by atoms with Crippen molar-refractivity contribution in [3.63, 3.8) is 0 Å². The number of non-ortho nitro benzene ring substituents is 1. The van der Waals surface area contributed by atoms with Crippen LogP contribution in [0.3, 0.4) is 0 Å². The fourth-order valence-corrected chi connectivity index (χ4v) is 2.69. The van der Waals surface area contributed by atoms with Crippen molar-refractivity contribution >= 4 is 11.6 Å². The molecule has 8 heteroatoms. The Morgan fingerprint density at radius 2 is 2.17 bits per heavy atom. The summed E-state index contributed by atoms with van der Waals surface area (Å²) >= 11 is 0. The molecule has 1 aliphatic rings. The van der Waals surface area contributed by atoms with Crippen LogP contribution in [0.1, 0.15) is 30.3 Å². The molecule has 2 atom stereocenters. The molecule has 1 aliphatic heterocycles. The molecule has 1 aromatic carbocycles. The number of nitro benzene ring substituents is 1. The van der Waals surface area contributed by atoms with Gasteiger partial charge in [-0.2, -0.15) is 5.10 Å². The summed E-state index contributed by atoms with van der Waals surface area (Å²) in [5, 5.41) is 17.8. The fourth-order valence-electron chi connectivity index (χ4n) is 2.69. The van der Waals surface area contributed by atoms with E-state index in [1.165, 1.54) is 16.8 Å². The summed E-state index contributed by atoms with van der Waals surface area (Å²) in [4.78, 5) is 22.5. The number of nitrogens with one attached hydrogen (secondary N) is 1. The topological polar surface area (TPSA) is 99.3 Å². The van der Waals surface area contributed by atoms with Crippen molar-refractivity contribution in [1.82, 2.24) is 15.1 Å². The first-order valence-corrected chi connectivity index (χ1v) is 7.77. The van der Waals surface area contributed by atoms with Crippen molar-refractivity contribution < 1.29 is 14.5 Å². The molecule has 1 saturated heterocycles. The number of carbonyl (C=O) groups is 1. The van der Waals surface area contributed by atoms with Gasteiger partial charge in [0.25, 0.3) is 11.6 Å². The Morgan fingerprint density at radius 1 is 1.42 bits per heavy atom. The van der Waals surface area contributed by atoms with E-state index < -0.39 is 4.92 Å². The van der Waals surface area contributed by atoms with E-state index in [0.29, 0.717) is 5.69 Å². The Morgan fingerprint density at radius 3 is 2.79 bits per heavy atom. The third-order valence-corrected chi connectivity index (χ3v) is 4.03. The minimum absolute atomic E-state index is 0.00858. The first kappa shape index (κ1) is 16.1. The van der Waals surface area contributed by atoms with Crippen LogP contribution in [0, 0.1) is 10.1 Å². The van der Waals surface area contributed by atoms with Gasteiger partial charge in [-0.3, -0.25) is 14.9 Å². The van der Waals surface area contributed by atoms with Gasteiger partial charge in [-0.1, -0.05) is 0 Å². The third kappa shape index (κ3) is 3.43. The molecule has 126 valence electrons. The van der Waals surface area contributed by atoms with Crippen LogP contribution in [0.4, 0.5) is 5.69 Å². The molecule has 0 bridgehead atoms. The average molecular weight is 330 g/mol. The van der Waals surface area contributed by atoms with Crippen molar-refractivity contribution in [3.8, 4) is 5.69 Å². The van der Waals surface area contributed by atoms with Gasteiger partial charge in [0.15, 0.2) is 5.69 Å². The summed E-state index contributed by atoms with van der Waals surface area (Å²) in [7, 11) is 0. The lowest BCUT2D eigenvalue weighted by molar-refractivity contribution is -0.384. The molecule has 2 unspecified atom stereocenters. The molecular formula is C16H18N4O4. The molecule has 2 heterocycles. The van der Waals surface area contributed by atoms with Gasteiger partial charge < -0.3 is 10.1 Å². The van der Waals surface area contributed by atoms with Crippen LogP contribution in [0.15, 0.2) is 36.5 Å². The van der Waals surface area contributed by atoms with Crippen molar-refractivity contribution in [3.05, 3.63) is 52.3 Å². The molecule has 1 N–H and O–H groups in total. The second-order valence-electron chi connectivity index (χ2n) is 5.73. The van der Waals surface area contributed by atoms with Gasteiger partial charge in [-0.25, -0.2) is 4.68 Å². The zero-order valence-electron chi connectivity index (χ0n) is 13.2. The summed E-state index contributed by atoms with van der Waals surface area (Å²) in [6.07, 6.45) is 3.65. The Labute approximate surface area is 138 Å². The van der Waals surface area contributed by atoms with Crippen LogP contribution < -0.4 is 5.32 Å². The summed E-state index contributed by atoms with van der Waals surface area (Å²) in [6, 6.07) is 7.50. The lowest BCUT2D eigenvalue weighted by atomic mass is 10.1. The summed E-state index contributed by atoms with van der Waals surface area (Å²) in [5.41, 5.74) is 0.944. The maximum absolute atomic E-state index is 12.3. The number of hydrogen-bond acceptors (Lipinski definition) is 5. The third-order valence-electron chi connectivity index (χ3n) is 4.03. The number of nitrogens with zero attached hydrogens (tertiary/aromatic N) is 3. The van der Waals surface area contributed by atoms with Crippen LogP contribution in [-0.4, -0.2) is 39.4 Å². The van der Waals surface area contributed by atoms with Gasteiger partial charge in [-0.15, -0.1) is 0 Å². The number of benzene rings is 1. The van der Waals surface area contributed by atoms with Crippen molar-refractivity contribution in [2.45, 2.75) is 31.9 Å². The first-order valence-electron chi connectivity index (χ1n) is 7.77. The minimum Gasteiger partial charge on any atom is -0.376 e. The van der Waals surface area contributed by atoms with Gasteiger partial charge in [-0.05, 0) is 38.0 Å². The number of carbonyl (C=O) groups excluding carboxylic acids is 1. The largest absolute Gasteiger partial charge is 0.376 e. The molecule has 0 saturated carbocycles. The van der Waals surface area contributed by atoms with Crippen LogP contribution in [0.25, 0.3) is 5.69 Å². The highest BCUT2D eigenvalue weighted by Gasteiger charge is 2.24. The zero-order chi connectivity index (χ0) is 17.1. The van der Waals surface area contributed by atoms with Gasteiger partial charge in [0, 0.05) is 24.9 Å². The molecule has 1 amide bonds. The monoisotopic (exact) mass is 330 g/mol. The van der Waals surface area contributed by atoms with E-state index in [1.807, 2.05) is 6.92 Å². The molecule has 24 heavy (non-hydrogen) atoms. The number of ether oxygens (including phenoxy) is 1. The second kappa shape index (κ2) is 6.79. The van der Waals surface area contributed by atoms with Crippen LogP contribution in [-0.2, 0) is 4.74 Å². The van der Waals surface area contributed by atoms with Crippen LogP contribution >= 0.6 is 0 Å². The van der Waals surface area contributed by atoms with Crippen LogP contribution in [0.5, 0.6) is 0 Å². The normalized spacial score (nSPS) is 18.3. The Hall–Kier alpha value is -2.74. The van der Waals surface area contributed by atoms with E-state index in [9.17, 15) is 14.9 Å². The average Bonchev–Trinajstić information content (AvgIpc) is 3.26. The number of nitro groups is 1. The van der Waals surface area contributed by atoms with Gasteiger partial charge in [0.2, 0.25) is 0 Å². The van der Waals surface area contributed by atoms with Gasteiger partial charge >= 0.3 is 0 Å². The smallest absolute Gasteiger partial charge is 0.272 e. The molecule has 0 radical (unpaired) electrons. The zero-order valence-corrected chi connectivity index (χ0v) is 13.2. The molecule has 0 spiro atoms. The Bertz CT molecular complexity index is 735. The van der Waals surface area contributed by atoms with E-state index >= 15 is 0 Å². The van der Waals surface area contributed by atoms with Gasteiger partial charge in [0.1, 0.15) is 0 Å². The van der Waals surface area contributed by atoms with Gasteiger partial charge in [0.05, 0.1) is 22.8 Å². The number of rotatable bonds is 5. The quantitative estimate of drug-likeness (QED) is 0.668. The fraction of sp³-hybridized carbons (Fsp3) is 0.375. The highest BCUT2D eigenvalue weighted by Crippen LogP contribution is 2.17. The van der Waals surface area contributed by atoms with E-state index in [2.05, 4.69) is 10.4 Å². The highest BCUT2D eigenvalue weighted by atomic mass is 16.6. The first-order chi connectivity index (χ1) is 11.5. The predicted octanol–water partition coefficient (Wildman–Crippen LogP) is 2.08. The Kier molecular flexibility index (Phi) is 4.57. The maximum Gasteiger partial charge on any atom is 0.272 e. The lowest BCUT2D eigenvalue weighted by Gasteiger charge is -2.19. The van der Waals surface area contributed by atoms with Crippen molar-refractivity contribution in [1.29, 1.82) is 0 Å². The lowest BCUT2D eigenvalue weighted by Crippen LogP contribution is -2.41. The Balaban J connectivity index is 1.68. The number of aromatic nitrogens is 2. The predicted molar refractivity (Wildman–Crippen MR) is 86.1 cm³/mol. The maximum atomic E-state index is 12.3. The van der Waals surface area contributed by atoms with E-state index in [-0.39, 0.29) is 29.4 Å². The van der Waals surface area contributed by atoms with E-state index in [4.69, 9.17) is 4.74 Å². The number of hydrogen-bond donors (Lipinski definition) is 1. The summed E-state index contributed by atoms with van der Waals surface area (Å²) in [6.45, 7) is 2.65. The minimum atomic E-state index is -0.460. The SMILES string of the molecule is CC(NC(=O)c1ccn(-c2ccc([N+](=O)[O-])cc2)n1)C1CCCO1. The van der Waals surface area contributed by atoms with E-state index in [0.717, 1.165) is 19.4 Å².